The zero-order valence-electron chi connectivity index (χ0n) is 17.7. The van der Waals surface area contributed by atoms with Gasteiger partial charge < -0.3 is 5.32 Å². The van der Waals surface area contributed by atoms with Gasteiger partial charge in [0, 0.05) is 31.9 Å². The van der Waals surface area contributed by atoms with E-state index in [0.29, 0.717) is 31.2 Å². The van der Waals surface area contributed by atoms with Crippen molar-refractivity contribution in [3.05, 3.63) is 57.6 Å². The number of amides is 1. The molecule has 1 aliphatic rings. The molecular weight excluding hydrogens is 457 g/mol. The first-order valence-corrected chi connectivity index (χ1v) is 12.5. The molecule has 168 valence electrons. The van der Waals surface area contributed by atoms with Crippen LogP contribution in [0.5, 0.6) is 0 Å². The fraction of sp³-hybridized carbons (Fsp3) is 0.409. The van der Waals surface area contributed by atoms with Crippen LogP contribution in [0.4, 0.5) is 5.69 Å². The van der Waals surface area contributed by atoms with Crippen molar-refractivity contribution in [2.45, 2.75) is 31.6 Å². The first kappa shape index (κ1) is 24.0. The molecule has 9 heteroatoms. The van der Waals surface area contributed by atoms with Crippen LogP contribution in [-0.2, 0) is 27.7 Å². The fourth-order valence-corrected chi connectivity index (χ4v) is 5.51. The van der Waals surface area contributed by atoms with Gasteiger partial charge >= 0.3 is 0 Å². The minimum Gasteiger partial charge on any atom is -0.324 e. The van der Waals surface area contributed by atoms with Crippen LogP contribution in [0.25, 0.3) is 0 Å². The van der Waals surface area contributed by atoms with Crippen LogP contribution in [0, 0.1) is 0 Å². The van der Waals surface area contributed by atoms with Crippen LogP contribution in [0.3, 0.4) is 0 Å². The average Bonchev–Trinajstić information content (AvgIpc) is 2.76. The number of anilines is 1. The number of carbonyl (C=O) groups excluding carboxylic acids is 1. The molecular formula is C22H27Cl2N3O3S. The van der Waals surface area contributed by atoms with Crippen LogP contribution in [0.1, 0.15) is 25.0 Å². The summed E-state index contributed by atoms with van der Waals surface area (Å²) in [6, 6.07) is 10.4. The zero-order chi connectivity index (χ0) is 22.6. The maximum atomic E-state index is 12.9. The van der Waals surface area contributed by atoms with Crippen molar-refractivity contribution >= 4 is 44.8 Å². The molecule has 1 saturated heterocycles. The average molecular weight is 484 g/mol. The Morgan fingerprint density at radius 3 is 2.13 bits per heavy atom. The van der Waals surface area contributed by atoms with Crippen molar-refractivity contribution in [3.63, 3.8) is 0 Å². The summed E-state index contributed by atoms with van der Waals surface area (Å²) < 4.78 is 27.2. The van der Waals surface area contributed by atoms with E-state index in [4.69, 9.17) is 23.2 Å². The predicted octanol–water partition coefficient (Wildman–Crippen LogP) is 4.06. The highest BCUT2D eigenvalue weighted by Gasteiger charge is 2.29. The number of halogens is 2. The number of nitrogens with zero attached hydrogens (tertiary/aromatic N) is 2. The summed E-state index contributed by atoms with van der Waals surface area (Å²) in [7, 11) is -3.66. The molecule has 1 N–H and O–H groups in total. The van der Waals surface area contributed by atoms with E-state index in [-0.39, 0.29) is 22.4 Å². The Hall–Kier alpha value is -1.64. The number of hydrogen-bond donors (Lipinski definition) is 1. The van der Waals surface area contributed by atoms with Gasteiger partial charge in [0.15, 0.2) is 0 Å². The van der Waals surface area contributed by atoms with Crippen LogP contribution in [0.15, 0.2) is 41.3 Å². The molecule has 1 aliphatic heterocycles. The van der Waals surface area contributed by atoms with Gasteiger partial charge in [-0.1, -0.05) is 55.2 Å². The molecule has 1 fully saturated rings. The number of rotatable bonds is 7. The normalized spacial score (nSPS) is 15.7. The SMILES string of the molecule is CCc1cccc(CC)c1NC(=O)CN1CCN(S(=O)(=O)c2ccc(Cl)c(Cl)c2)CC1. The minimum atomic E-state index is -3.66. The molecule has 0 aliphatic carbocycles. The molecule has 1 heterocycles. The zero-order valence-corrected chi connectivity index (χ0v) is 20.0. The van der Waals surface area contributed by atoms with Gasteiger partial charge in [-0.25, -0.2) is 8.42 Å². The summed E-state index contributed by atoms with van der Waals surface area (Å²) in [5.74, 6) is -0.0867. The van der Waals surface area contributed by atoms with Gasteiger partial charge in [0.2, 0.25) is 15.9 Å². The first-order valence-electron chi connectivity index (χ1n) is 10.3. The highest BCUT2D eigenvalue weighted by atomic mass is 35.5. The maximum absolute atomic E-state index is 12.9. The standard InChI is InChI=1S/C22H27Cl2N3O3S/c1-3-16-6-5-7-17(4-2)22(16)25-21(28)15-26-10-12-27(13-11-26)31(29,30)18-8-9-19(23)20(24)14-18/h5-9,14H,3-4,10-13,15H2,1-2H3,(H,25,28). The van der Waals surface area contributed by atoms with E-state index < -0.39 is 10.0 Å². The number of hydrogen-bond acceptors (Lipinski definition) is 4. The Kier molecular flexibility index (Phi) is 7.99. The lowest BCUT2D eigenvalue weighted by atomic mass is 10.0. The van der Waals surface area contributed by atoms with Gasteiger partial charge in [-0.2, -0.15) is 4.31 Å². The van der Waals surface area contributed by atoms with Crippen LogP contribution in [-0.4, -0.2) is 56.3 Å². The lowest BCUT2D eigenvalue weighted by Crippen LogP contribution is -2.50. The minimum absolute atomic E-state index is 0.0867. The molecule has 1 amide bonds. The summed E-state index contributed by atoms with van der Waals surface area (Å²) in [4.78, 5) is 14.8. The molecule has 2 aromatic rings. The topological polar surface area (TPSA) is 69.7 Å². The summed E-state index contributed by atoms with van der Waals surface area (Å²) >= 11 is 11.9. The van der Waals surface area contributed by atoms with E-state index in [9.17, 15) is 13.2 Å². The van der Waals surface area contributed by atoms with Crippen molar-refractivity contribution in [1.29, 1.82) is 0 Å². The van der Waals surface area contributed by atoms with Crippen molar-refractivity contribution in [3.8, 4) is 0 Å². The third-order valence-electron chi connectivity index (χ3n) is 5.49. The number of para-hydroxylation sites is 1. The molecule has 3 rings (SSSR count). The van der Waals surface area contributed by atoms with Crippen molar-refractivity contribution in [2.24, 2.45) is 0 Å². The molecule has 0 atom stereocenters. The second-order valence-corrected chi connectivity index (χ2v) is 10.2. The van der Waals surface area contributed by atoms with Gasteiger partial charge in [-0.15, -0.1) is 0 Å². The number of nitrogens with one attached hydrogen (secondary N) is 1. The molecule has 0 aromatic heterocycles. The van der Waals surface area contributed by atoms with Gasteiger partial charge in [-0.05, 0) is 42.2 Å². The molecule has 0 spiro atoms. The van der Waals surface area contributed by atoms with Crippen LogP contribution in [0.2, 0.25) is 10.0 Å². The number of sulfonamides is 1. The monoisotopic (exact) mass is 483 g/mol. The Bertz CT molecular complexity index is 1030. The summed E-state index contributed by atoms with van der Waals surface area (Å²) in [6.07, 6.45) is 1.68. The van der Waals surface area contributed by atoms with E-state index in [1.807, 2.05) is 23.1 Å². The number of carbonyl (C=O) groups is 1. The van der Waals surface area contributed by atoms with E-state index >= 15 is 0 Å². The second kappa shape index (κ2) is 10.3. The second-order valence-electron chi connectivity index (χ2n) is 7.46. The van der Waals surface area contributed by atoms with E-state index in [1.165, 1.54) is 22.5 Å². The Balaban J connectivity index is 1.60. The summed E-state index contributed by atoms with van der Waals surface area (Å²) in [5.41, 5.74) is 3.13. The molecule has 31 heavy (non-hydrogen) atoms. The van der Waals surface area contributed by atoms with Crippen molar-refractivity contribution in [1.82, 2.24) is 9.21 Å². The number of aryl methyl sites for hydroxylation is 2. The summed E-state index contributed by atoms with van der Waals surface area (Å²) in [5, 5.41) is 3.59. The first-order chi connectivity index (χ1) is 14.8. The third kappa shape index (κ3) is 5.59. The van der Waals surface area contributed by atoms with Gasteiger partial charge in [0.25, 0.3) is 0 Å². The third-order valence-corrected chi connectivity index (χ3v) is 8.12. The maximum Gasteiger partial charge on any atom is 0.243 e. The lowest BCUT2D eigenvalue weighted by molar-refractivity contribution is -0.117. The van der Waals surface area contributed by atoms with Crippen LogP contribution >= 0.6 is 23.2 Å². The predicted molar refractivity (Wildman–Crippen MR) is 125 cm³/mol. The highest BCUT2D eigenvalue weighted by molar-refractivity contribution is 7.89. The number of piperazine rings is 1. The van der Waals surface area contributed by atoms with Gasteiger partial charge in [0.05, 0.1) is 21.5 Å². The van der Waals surface area contributed by atoms with Gasteiger partial charge in [-0.3, -0.25) is 9.69 Å². The smallest absolute Gasteiger partial charge is 0.243 e. The molecule has 0 saturated carbocycles. The fourth-order valence-electron chi connectivity index (χ4n) is 3.70. The summed E-state index contributed by atoms with van der Waals surface area (Å²) in [6.45, 7) is 5.93. The number of benzene rings is 2. The highest BCUT2D eigenvalue weighted by Crippen LogP contribution is 2.27. The Morgan fingerprint density at radius 1 is 0.968 bits per heavy atom. The molecule has 0 unspecified atom stereocenters. The quantitative estimate of drug-likeness (QED) is 0.644. The van der Waals surface area contributed by atoms with Crippen LogP contribution < -0.4 is 5.32 Å². The van der Waals surface area contributed by atoms with E-state index in [0.717, 1.165) is 29.7 Å². The largest absolute Gasteiger partial charge is 0.324 e. The van der Waals surface area contributed by atoms with E-state index in [1.54, 1.807) is 0 Å². The lowest BCUT2D eigenvalue weighted by Gasteiger charge is -2.33. The molecule has 0 radical (unpaired) electrons. The van der Waals surface area contributed by atoms with Gasteiger partial charge in [0.1, 0.15) is 0 Å². The van der Waals surface area contributed by atoms with Crippen molar-refractivity contribution < 1.29 is 13.2 Å². The Morgan fingerprint density at radius 2 is 1.58 bits per heavy atom. The van der Waals surface area contributed by atoms with E-state index in [2.05, 4.69) is 19.2 Å². The molecule has 6 nitrogen and oxygen atoms in total. The Labute approximate surface area is 194 Å². The van der Waals surface area contributed by atoms with Crippen molar-refractivity contribution in [2.75, 3.05) is 38.0 Å². The molecule has 2 aromatic carbocycles. The molecule has 0 bridgehead atoms.